The van der Waals surface area contributed by atoms with Crippen LogP contribution in [-0.2, 0) is 21.4 Å². The second kappa shape index (κ2) is 10.5. The molecule has 31 heavy (non-hydrogen) atoms. The van der Waals surface area contributed by atoms with Crippen LogP contribution in [0.5, 0.6) is 0 Å². The number of para-hydroxylation sites is 1. The number of unbranched alkanes of at least 4 members (excludes halogenated alkanes) is 1. The highest BCUT2D eigenvalue weighted by molar-refractivity contribution is 5.93. The summed E-state index contributed by atoms with van der Waals surface area (Å²) in [6.45, 7) is 3.58. The lowest BCUT2D eigenvalue weighted by Gasteiger charge is -2.27. The van der Waals surface area contributed by atoms with Crippen molar-refractivity contribution in [1.82, 2.24) is 9.36 Å². The predicted octanol–water partition coefficient (Wildman–Crippen LogP) is 3.96. The summed E-state index contributed by atoms with van der Waals surface area (Å²) in [5.41, 5.74) is 1.21. The lowest BCUT2D eigenvalue weighted by molar-refractivity contribution is -0.152. The Morgan fingerprint density at radius 3 is 2.45 bits per heavy atom. The van der Waals surface area contributed by atoms with E-state index >= 15 is 0 Å². The fourth-order valence-electron chi connectivity index (χ4n) is 4.32. The highest BCUT2D eigenvalue weighted by Crippen LogP contribution is 2.32. The van der Waals surface area contributed by atoms with Gasteiger partial charge in [-0.3, -0.25) is 19.1 Å². The number of nitrogens with zero attached hydrogens (tertiary/aromatic N) is 2. The first-order valence-corrected chi connectivity index (χ1v) is 11.2. The maximum atomic E-state index is 12.9. The van der Waals surface area contributed by atoms with Crippen molar-refractivity contribution in [3.63, 3.8) is 0 Å². The molecule has 7 nitrogen and oxygen atoms in total. The molecule has 1 saturated carbocycles. The van der Waals surface area contributed by atoms with Gasteiger partial charge < -0.3 is 10.1 Å². The third-order valence-corrected chi connectivity index (χ3v) is 6.31. The molecule has 0 radical (unpaired) electrons. The second-order valence-electron chi connectivity index (χ2n) is 8.45. The molecule has 3 rings (SSSR count). The number of nitrogens with one attached hydrogen (secondary N) is 1. The first-order valence-electron chi connectivity index (χ1n) is 11.2. The van der Waals surface area contributed by atoms with Crippen LogP contribution in [0.3, 0.4) is 0 Å². The van der Waals surface area contributed by atoms with E-state index in [1.807, 2.05) is 30.3 Å². The normalized spacial score (nSPS) is 18.5. The number of carbonyl (C=O) groups is 2. The van der Waals surface area contributed by atoms with Gasteiger partial charge >= 0.3 is 5.97 Å². The molecule has 7 heteroatoms. The molecule has 1 aromatic carbocycles. The summed E-state index contributed by atoms with van der Waals surface area (Å²) in [4.78, 5) is 37.6. The number of hydrogen-bond donors (Lipinski definition) is 1. The largest absolute Gasteiger partial charge is 0.455 e. The zero-order valence-corrected chi connectivity index (χ0v) is 18.7. The van der Waals surface area contributed by atoms with Crippen molar-refractivity contribution in [2.45, 2.75) is 58.8 Å². The highest BCUT2D eigenvalue weighted by atomic mass is 16.5. The van der Waals surface area contributed by atoms with Gasteiger partial charge in [0.1, 0.15) is 5.69 Å². The van der Waals surface area contributed by atoms with E-state index in [-0.39, 0.29) is 29.7 Å². The van der Waals surface area contributed by atoms with E-state index in [4.69, 9.17) is 4.74 Å². The molecule has 1 amide bonds. The molecular formula is C24H33N3O4. The van der Waals surface area contributed by atoms with E-state index in [0.29, 0.717) is 17.3 Å². The molecule has 1 aliphatic rings. The van der Waals surface area contributed by atoms with E-state index in [9.17, 15) is 14.4 Å². The summed E-state index contributed by atoms with van der Waals surface area (Å²) >= 11 is 0. The number of benzene rings is 1. The van der Waals surface area contributed by atoms with Crippen molar-refractivity contribution in [3.05, 3.63) is 46.4 Å². The molecule has 1 N–H and O–H groups in total. The summed E-state index contributed by atoms with van der Waals surface area (Å²) < 4.78 is 8.45. The van der Waals surface area contributed by atoms with Crippen molar-refractivity contribution in [2.24, 2.45) is 18.9 Å². The summed E-state index contributed by atoms with van der Waals surface area (Å²) in [6.07, 6.45) is 7.43. The van der Waals surface area contributed by atoms with Gasteiger partial charge in [0, 0.05) is 7.05 Å². The smallest absolute Gasteiger partial charge is 0.309 e. The van der Waals surface area contributed by atoms with Crippen LogP contribution >= 0.6 is 0 Å². The van der Waals surface area contributed by atoms with Crippen LogP contribution in [0.1, 0.15) is 57.6 Å². The minimum atomic E-state index is -0.504. The maximum absolute atomic E-state index is 12.9. The van der Waals surface area contributed by atoms with Crippen LogP contribution in [0.4, 0.5) is 5.69 Å². The molecule has 0 spiro atoms. The van der Waals surface area contributed by atoms with Gasteiger partial charge in [0.25, 0.3) is 11.5 Å². The fraction of sp³-hybridized carbons (Fsp3) is 0.542. The molecule has 0 bridgehead atoms. The predicted molar refractivity (Wildman–Crippen MR) is 120 cm³/mol. The van der Waals surface area contributed by atoms with E-state index in [0.717, 1.165) is 25.7 Å². The topological polar surface area (TPSA) is 82.3 Å². The molecule has 0 unspecified atom stereocenters. The molecule has 1 fully saturated rings. The molecule has 1 aliphatic carbocycles. The van der Waals surface area contributed by atoms with E-state index in [1.165, 1.54) is 23.9 Å². The molecule has 1 aromatic heterocycles. The molecule has 0 saturated heterocycles. The molecule has 2 aromatic rings. The van der Waals surface area contributed by atoms with E-state index < -0.39 is 5.91 Å². The Morgan fingerprint density at radius 1 is 1.13 bits per heavy atom. The SMILES string of the molecule is CCCCC1CCC(C(=O)OCC(=O)Nc2c(C)n(C)n(-c3ccccc3)c2=O)CC1. The minimum Gasteiger partial charge on any atom is -0.455 e. The molecule has 168 valence electrons. The van der Waals surface area contributed by atoms with Crippen LogP contribution in [0, 0.1) is 18.8 Å². The van der Waals surface area contributed by atoms with Crippen LogP contribution in [-0.4, -0.2) is 27.8 Å². The Morgan fingerprint density at radius 2 is 1.81 bits per heavy atom. The number of carbonyl (C=O) groups excluding carboxylic acids is 2. The van der Waals surface area contributed by atoms with Crippen molar-refractivity contribution in [2.75, 3.05) is 11.9 Å². The van der Waals surface area contributed by atoms with Gasteiger partial charge in [0.15, 0.2) is 6.61 Å². The third kappa shape index (κ3) is 5.46. The van der Waals surface area contributed by atoms with Crippen LogP contribution in [0.15, 0.2) is 35.1 Å². The number of amides is 1. The van der Waals surface area contributed by atoms with Gasteiger partial charge in [-0.25, -0.2) is 4.68 Å². The van der Waals surface area contributed by atoms with Crippen molar-refractivity contribution in [1.29, 1.82) is 0 Å². The Balaban J connectivity index is 1.55. The van der Waals surface area contributed by atoms with Crippen LogP contribution in [0.2, 0.25) is 0 Å². The summed E-state index contributed by atoms with van der Waals surface area (Å²) in [5, 5.41) is 2.63. The number of rotatable bonds is 8. The molecule has 0 aliphatic heterocycles. The van der Waals surface area contributed by atoms with Gasteiger partial charge in [-0.2, -0.15) is 0 Å². The Kier molecular flexibility index (Phi) is 7.71. The van der Waals surface area contributed by atoms with Crippen molar-refractivity contribution >= 4 is 17.6 Å². The maximum Gasteiger partial charge on any atom is 0.309 e. The summed E-state index contributed by atoms with van der Waals surface area (Å²) in [7, 11) is 1.76. The number of aromatic nitrogens is 2. The fourth-order valence-corrected chi connectivity index (χ4v) is 4.32. The van der Waals surface area contributed by atoms with Gasteiger partial charge in [-0.05, 0) is 50.7 Å². The standard InChI is InChI=1S/C24H33N3O4/c1-4-5-9-18-12-14-19(15-13-18)24(30)31-16-21(28)25-22-17(2)26(3)27(23(22)29)20-10-7-6-8-11-20/h6-8,10-11,18-19H,4-5,9,12-16H2,1-3H3,(H,25,28). The van der Waals surface area contributed by atoms with Crippen molar-refractivity contribution < 1.29 is 14.3 Å². The monoisotopic (exact) mass is 427 g/mol. The number of esters is 1. The van der Waals surface area contributed by atoms with Gasteiger partial charge in [0.05, 0.1) is 17.3 Å². The first-order chi connectivity index (χ1) is 14.9. The summed E-state index contributed by atoms with van der Waals surface area (Å²) in [6, 6.07) is 9.22. The first kappa shape index (κ1) is 22.8. The zero-order valence-electron chi connectivity index (χ0n) is 18.7. The lowest BCUT2D eigenvalue weighted by Crippen LogP contribution is -2.29. The quantitative estimate of drug-likeness (QED) is 0.647. The number of ether oxygens (including phenoxy) is 1. The van der Waals surface area contributed by atoms with Gasteiger partial charge in [-0.15, -0.1) is 0 Å². The van der Waals surface area contributed by atoms with Crippen molar-refractivity contribution in [3.8, 4) is 5.69 Å². The molecule has 1 heterocycles. The van der Waals surface area contributed by atoms with Gasteiger partial charge in [-0.1, -0.05) is 44.4 Å². The Hall–Kier alpha value is -2.83. The average Bonchev–Trinajstić information content (AvgIpc) is 3.00. The Bertz CT molecular complexity index is 953. The van der Waals surface area contributed by atoms with Gasteiger partial charge in [0.2, 0.25) is 0 Å². The zero-order chi connectivity index (χ0) is 22.4. The Labute approximate surface area is 183 Å². The highest BCUT2D eigenvalue weighted by Gasteiger charge is 2.27. The number of anilines is 1. The number of hydrogen-bond acceptors (Lipinski definition) is 4. The molecular weight excluding hydrogens is 394 g/mol. The average molecular weight is 428 g/mol. The lowest BCUT2D eigenvalue weighted by atomic mass is 9.80. The molecule has 0 atom stereocenters. The van der Waals surface area contributed by atoms with E-state index in [1.54, 1.807) is 18.7 Å². The third-order valence-electron chi connectivity index (χ3n) is 6.31. The van der Waals surface area contributed by atoms with Crippen LogP contribution in [0.25, 0.3) is 5.69 Å². The summed E-state index contributed by atoms with van der Waals surface area (Å²) in [5.74, 6) is -0.230. The van der Waals surface area contributed by atoms with E-state index in [2.05, 4.69) is 12.2 Å². The van der Waals surface area contributed by atoms with Crippen LogP contribution < -0.4 is 10.9 Å². The second-order valence-corrected chi connectivity index (χ2v) is 8.45. The minimum absolute atomic E-state index is 0.126.